The lowest BCUT2D eigenvalue weighted by atomic mass is 10.1. The average molecular weight is 239 g/mol. The summed E-state index contributed by atoms with van der Waals surface area (Å²) in [5.41, 5.74) is 6.80. The number of nitrogen functional groups attached to an aromatic ring is 1. The van der Waals surface area contributed by atoms with Crippen LogP contribution in [0.2, 0.25) is 5.02 Å². The summed E-state index contributed by atoms with van der Waals surface area (Å²) < 4.78 is 0. The molecule has 1 unspecified atom stereocenters. The maximum absolute atomic E-state index is 12.2. The first kappa shape index (κ1) is 11.3. The summed E-state index contributed by atoms with van der Waals surface area (Å²) in [7, 11) is 0. The van der Waals surface area contributed by atoms with E-state index in [0.717, 1.165) is 19.5 Å². The number of hydrogen-bond donors (Lipinski definition) is 1. The number of rotatable bonds is 1. The number of carbonyl (C=O) groups is 1. The summed E-state index contributed by atoms with van der Waals surface area (Å²) in [5.74, 6) is 0.564. The molecule has 0 bridgehead atoms. The summed E-state index contributed by atoms with van der Waals surface area (Å²) in [6.45, 7) is 3.77. The minimum absolute atomic E-state index is 0.00986. The van der Waals surface area contributed by atoms with Gasteiger partial charge in [0.15, 0.2) is 0 Å². The maximum atomic E-state index is 12.2. The SMILES string of the molecule is CC1CCN(C(=O)c2cc(Cl)ccc2N)C1. The van der Waals surface area contributed by atoms with Crippen molar-refractivity contribution < 1.29 is 4.79 Å². The third-order valence-electron chi connectivity index (χ3n) is 2.96. The Morgan fingerprint density at radius 2 is 2.31 bits per heavy atom. The molecule has 4 heteroatoms. The highest BCUT2D eigenvalue weighted by molar-refractivity contribution is 6.31. The monoisotopic (exact) mass is 238 g/mol. The number of anilines is 1. The quantitative estimate of drug-likeness (QED) is 0.764. The molecule has 3 nitrogen and oxygen atoms in total. The van der Waals surface area contributed by atoms with Crippen LogP contribution in [0.5, 0.6) is 0 Å². The van der Waals surface area contributed by atoms with E-state index in [1.54, 1.807) is 18.2 Å². The molecule has 0 aromatic heterocycles. The zero-order chi connectivity index (χ0) is 11.7. The van der Waals surface area contributed by atoms with Crippen molar-refractivity contribution in [1.29, 1.82) is 0 Å². The van der Waals surface area contributed by atoms with Gasteiger partial charge in [-0.25, -0.2) is 0 Å². The van der Waals surface area contributed by atoms with Crippen LogP contribution in [-0.2, 0) is 0 Å². The fourth-order valence-corrected chi connectivity index (χ4v) is 2.18. The van der Waals surface area contributed by atoms with Gasteiger partial charge in [-0.15, -0.1) is 0 Å². The zero-order valence-electron chi connectivity index (χ0n) is 9.24. The van der Waals surface area contributed by atoms with Gasteiger partial charge in [-0.1, -0.05) is 18.5 Å². The Hall–Kier alpha value is -1.22. The Kier molecular flexibility index (Phi) is 3.06. The van der Waals surface area contributed by atoms with Gasteiger partial charge in [0.05, 0.1) is 5.56 Å². The number of amides is 1. The molecule has 2 rings (SSSR count). The molecule has 16 heavy (non-hydrogen) atoms. The average Bonchev–Trinajstić information content (AvgIpc) is 2.67. The van der Waals surface area contributed by atoms with E-state index in [0.29, 0.717) is 22.2 Å². The smallest absolute Gasteiger partial charge is 0.256 e. The van der Waals surface area contributed by atoms with Gasteiger partial charge in [-0.3, -0.25) is 4.79 Å². The number of halogens is 1. The van der Waals surface area contributed by atoms with Crippen LogP contribution in [0.1, 0.15) is 23.7 Å². The molecule has 1 saturated heterocycles. The Morgan fingerprint density at radius 1 is 1.56 bits per heavy atom. The third-order valence-corrected chi connectivity index (χ3v) is 3.19. The molecule has 0 saturated carbocycles. The summed E-state index contributed by atoms with van der Waals surface area (Å²) in [5, 5.41) is 0.546. The predicted octanol–water partition coefficient (Wildman–Crippen LogP) is 2.40. The summed E-state index contributed by atoms with van der Waals surface area (Å²) >= 11 is 5.87. The van der Waals surface area contributed by atoms with Gasteiger partial charge in [0.2, 0.25) is 0 Å². The largest absolute Gasteiger partial charge is 0.398 e. The highest BCUT2D eigenvalue weighted by Crippen LogP contribution is 2.23. The van der Waals surface area contributed by atoms with Crippen molar-refractivity contribution in [3.63, 3.8) is 0 Å². The Balaban J connectivity index is 2.23. The first-order chi connectivity index (χ1) is 7.58. The number of benzene rings is 1. The van der Waals surface area contributed by atoms with E-state index in [-0.39, 0.29) is 5.91 Å². The first-order valence-electron chi connectivity index (χ1n) is 5.42. The molecule has 0 spiro atoms. The van der Waals surface area contributed by atoms with Crippen molar-refractivity contribution in [1.82, 2.24) is 4.90 Å². The summed E-state index contributed by atoms with van der Waals surface area (Å²) in [6, 6.07) is 5.01. The van der Waals surface area contributed by atoms with Crippen LogP contribution in [0.15, 0.2) is 18.2 Å². The van der Waals surface area contributed by atoms with Crippen LogP contribution < -0.4 is 5.73 Å². The van der Waals surface area contributed by atoms with Crippen LogP contribution in [0.25, 0.3) is 0 Å². The molecule has 1 aliphatic rings. The van der Waals surface area contributed by atoms with Crippen LogP contribution in [0, 0.1) is 5.92 Å². The van der Waals surface area contributed by atoms with Crippen LogP contribution in [-0.4, -0.2) is 23.9 Å². The van der Waals surface area contributed by atoms with E-state index in [1.807, 2.05) is 4.90 Å². The molecule has 1 aromatic carbocycles. The van der Waals surface area contributed by atoms with E-state index in [9.17, 15) is 4.79 Å². The second-order valence-corrected chi connectivity index (χ2v) is 4.81. The highest BCUT2D eigenvalue weighted by atomic mass is 35.5. The topological polar surface area (TPSA) is 46.3 Å². The molecule has 0 aliphatic carbocycles. The molecule has 1 heterocycles. The number of hydrogen-bond acceptors (Lipinski definition) is 2. The third kappa shape index (κ3) is 2.14. The number of carbonyl (C=O) groups excluding carboxylic acids is 1. The second-order valence-electron chi connectivity index (χ2n) is 4.38. The van der Waals surface area contributed by atoms with E-state index in [2.05, 4.69) is 6.92 Å². The van der Waals surface area contributed by atoms with E-state index >= 15 is 0 Å². The lowest BCUT2D eigenvalue weighted by Crippen LogP contribution is -2.29. The Morgan fingerprint density at radius 3 is 2.94 bits per heavy atom. The predicted molar refractivity (Wildman–Crippen MR) is 65.5 cm³/mol. The van der Waals surface area contributed by atoms with Crippen molar-refractivity contribution in [2.24, 2.45) is 5.92 Å². The lowest BCUT2D eigenvalue weighted by molar-refractivity contribution is 0.0789. The van der Waals surface area contributed by atoms with Gasteiger partial charge in [0, 0.05) is 23.8 Å². The van der Waals surface area contributed by atoms with Crippen LogP contribution >= 0.6 is 11.6 Å². The highest BCUT2D eigenvalue weighted by Gasteiger charge is 2.25. The molecule has 1 aliphatic heterocycles. The second kappa shape index (κ2) is 4.34. The van der Waals surface area contributed by atoms with Crippen LogP contribution in [0.4, 0.5) is 5.69 Å². The van der Waals surface area contributed by atoms with Crippen LogP contribution in [0.3, 0.4) is 0 Å². The Labute approximate surface area is 100 Å². The zero-order valence-corrected chi connectivity index (χ0v) is 10.00. The fourth-order valence-electron chi connectivity index (χ4n) is 2.00. The van der Waals surface area contributed by atoms with Gasteiger partial charge in [-0.05, 0) is 30.5 Å². The summed E-state index contributed by atoms with van der Waals surface area (Å²) in [6.07, 6.45) is 1.06. The van der Waals surface area contributed by atoms with Crippen molar-refractivity contribution in [2.45, 2.75) is 13.3 Å². The van der Waals surface area contributed by atoms with E-state index in [1.165, 1.54) is 0 Å². The molecule has 2 N–H and O–H groups in total. The van der Waals surface area contributed by atoms with Gasteiger partial charge >= 0.3 is 0 Å². The van der Waals surface area contributed by atoms with Gasteiger partial charge < -0.3 is 10.6 Å². The molecule has 86 valence electrons. The fraction of sp³-hybridized carbons (Fsp3) is 0.417. The van der Waals surface area contributed by atoms with E-state index < -0.39 is 0 Å². The number of nitrogens with two attached hydrogens (primary N) is 1. The maximum Gasteiger partial charge on any atom is 0.256 e. The minimum atomic E-state index is -0.00986. The van der Waals surface area contributed by atoms with Crippen molar-refractivity contribution in [2.75, 3.05) is 18.8 Å². The van der Waals surface area contributed by atoms with Gasteiger partial charge in [0.25, 0.3) is 5.91 Å². The van der Waals surface area contributed by atoms with Crippen molar-refractivity contribution in [3.05, 3.63) is 28.8 Å². The lowest BCUT2D eigenvalue weighted by Gasteiger charge is -2.17. The van der Waals surface area contributed by atoms with Gasteiger partial charge in [-0.2, -0.15) is 0 Å². The van der Waals surface area contributed by atoms with Crippen molar-refractivity contribution in [3.8, 4) is 0 Å². The first-order valence-corrected chi connectivity index (χ1v) is 5.80. The van der Waals surface area contributed by atoms with Gasteiger partial charge in [0.1, 0.15) is 0 Å². The molecule has 1 amide bonds. The number of likely N-dealkylation sites (tertiary alicyclic amines) is 1. The molecule has 1 atom stereocenters. The molecular formula is C12H15ClN2O. The molecule has 0 radical (unpaired) electrons. The Bertz CT molecular complexity index is 419. The van der Waals surface area contributed by atoms with E-state index in [4.69, 9.17) is 17.3 Å². The number of nitrogens with zero attached hydrogens (tertiary/aromatic N) is 1. The minimum Gasteiger partial charge on any atom is -0.398 e. The molecule has 1 aromatic rings. The standard InChI is InChI=1S/C12H15ClN2O/c1-8-4-5-15(7-8)12(16)10-6-9(13)2-3-11(10)14/h2-3,6,8H,4-5,7,14H2,1H3. The normalized spacial score (nSPS) is 20.1. The molecule has 1 fully saturated rings. The summed E-state index contributed by atoms with van der Waals surface area (Å²) in [4.78, 5) is 14.0. The molecular weight excluding hydrogens is 224 g/mol. The van der Waals surface area contributed by atoms with Crippen molar-refractivity contribution >= 4 is 23.2 Å².